The molecule has 0 aliphatic carbocycles. The van der Waals surface area contributed by atoms with Crippen molar-refractivity contribution in [2.75, 3.05) is 41.7 Å². The molecular formula is C22H25N3O5. The molecule has 0 atom stereocenters. The van der Waals surface area contributed by atoms with Gasteiger partial charge in [0.2, 0.25) is 0 Å². The van der Waals surface area contributed by atoms with Gasteiger partial charge in [0.25, 0.3) is 5.91 Å². The number of benzene rings is 1. The smallest absolute Gasteiger partial charge is 0.253 e. The highest BCUT2D eigenvalue weighted by atomic mass is 16.5. The zero-order chi connectivity index (χ0) is 21.5. The number of nitrogens with zero attached hydrogens (tertiary/aromatic N) is 1. The number of H-pyrrole nitrogens is 1. The first-order valence-electron chi connectivity index (χ1n) is 9.34. The molecule has 8 nitrogen and oxygen atoms in total. The lowest BCUT2D eigenvalue weighted by Gasteiger charge is -2.16. The molecular weight excluding hydrogens is 386 g/mol. The fourth-order valence-corrected chi connectivity index (χ4v) is 3.14. The highest BCUT2D eigenvalue weighted by Crippen LogP contribution is 2.31. The molecule has 0 radical (unpaired) electrons. The first-order chi connectivity index (χ1) is 14.6. The summed E-state index contributed by atoms with van der Waals surface area (Å²) in [7, 11) is 6.33. The van der Waals surface area contributed by atoms with Crippen molar-refractivity contribution >= 4 is 29.6 Å². The number of hydrogen-bond donors (Lipinski definition) is 2. The van der Waals surface area contributed by atoms with Gasteiger partial charge >= 0.3 is 0 Å². The highest BCUT2D eigenvalue weighted by molar-refractivity contribution is 6.13. The van der Waals surface area contributed by atoms with Crippen LogP contribution < -0.4 is 14.8 Å². The lowest BCUT2D eigenvalue weighted by atomic mass is 10.1. The average Bonchev–Trinajstić information content (AvgIpc) is 3.05. The Morgan fingerprint density at radius 1 is 1.13 bits per heavy atom. The third-order valence-electron chi connectivity index (χ3n) is 4.60. The highest BCUT2D eigenvalue weighted by Gasteiger charge is 2.20. The number of aromatic nitrogens is 1. The van der Waals surface area contributed by atoms with E-state index in [4.69, 9.17) is 18.9 Å². The van der Waals surface area contributed by atoms with Gasteiger partial charge in [0.1, 0.15) is 5.82 Å². The number of ether oxygens (including phenoxy) is 4. The molecule has 2 heterocycles. The number of carbonyl (C=O) groups is 1. The summed E-state index contributed by atoms with van der Waals surface area (Å²) in [5.74, 6) is 1.60. The van der Waals surface area contributed by atoms with E-state index in [0.717, 1.165) is 11.1 Å². The van der Waals surface area contributed by atoms with Crippen LogP contribution in [0.5, 0.6) is 11.5 Å². The summed E-state index contributed by atoms with van der Waals surface area (Å²) in [6, 6.07) is 5.32. The molecule has 1 amide bonds. The van der Waals surface area contributed by atoms with Crippen molar-refractivity contribution in [3.05, 3.63) is 46.8 Å². The fourth-order valence-electron chi connectivity index (χ4n) is 3.14. The maximum atomic E-state index is 12.8. The van der Waals surface area contributed by atoms with Crippen LogP contribution >= 0.6 is 0 Å². The number of amides is 1. The predicted octanol–water partition coefficient (Wildman–Crippen LogP) is 2.83. The van der Waals surface area contributed by atoms with Gasteiger partial charge in [-0.1, -0.05) is 0 Å². The summed E-state index contributed by atoms with van der Waals surface area (Å²) in [5, 5.41) is 2.92. The largest absolute Gasteiger partial charge is 0.493 e. The number of methoxy groups -OCH3 is 4. The van der Waals surface area contributed by atoms with Gasteiger partial charge in [0.15, 0.2) is 11.5 Å². The van der Waals surface area contributed by atoms with Gasteiger partial charge < -0.3 is 29.2 Å². The Hall–Kier alpha value is -3.32. The third kappa shape index (κ3) is 4.63. The molecule has 30 heavy (non-hydrogen) atoms. The second-order valence-electron chi connectivity index (χ2n) is 6.58. The van der Waals surface area contributed by atoms with Gasteiger partial charge in [-0.15, -0.1) is 5.73 Å². The van der Waals surface area contributed by atoms with E-state index in [-0.39, 0.29) is 11.9 Å². The molecule has 0 fully saturated rings. The zero-order valence-electron chi connectivity index (χ0n) is 17.4. The maximum absolute atomic E-state index is 12.8. The van der Waals surface area contributed by atoms with Crippen molar-refractivity contribution in [1.29, 1.82) is 0 Å². The Balaban J connectivity index is 1.89. The molecule has 0 unspecified atom stereocenters. The normalized spacial score (nSPS) is 12.4. The van der Waals surface area contributed by atoms with Crippen LogP contribution in [-0.2, 0) is 9.47 Å². The number of rotatable bonds is 9. The van der Waals surface area contributed by atoms with Crippen molar-refractivity contribution in [2.45, 2.75) is 6.04 Å². The minimum Gasteiger partial charge on any atom is -0.493 e. The molecule has 1 aliphatic rings. The van der Waals surface area contributed by atoms with Crippen LogP contribution in [-0.4, -0.2) is 64.8 Å². The van der Waals surface area contributed by atoms with Crippen molar-refractivity contribution in [1.82, 2.24) is 10.3 Å². The summed E-state index contributed by atoms with van der Waals surface area (Å²) < 4.78 is 20.9. The number of carbonyl (C=O) groups excluding carboxylic acids is 1. The van der Waals surface area contributed by atoms with E-state index in [1.54, 1.807) is 46.9 Å². The Kier molecular flexibility index (Phi) is 7.08. The average molecular weight is 411 g/mol. The Bertz CT molecular complexity index is 996. The van der Waals surface area contributed by atoms with Crippen LogP contribution in [0.15, 0.2) is 35.1 Å². The van der Waals surface area contributed by atoms with E-state index < -0.39 is 0 Å². The van der Waals surface area contributed by atoms with E-state index in [1.807, 2.05) is 18.2 Å². The molecule has 158 valence electrons. The Labute approximate surface area is 175 Å². The van der Waals surface area contributed by atoms with Gasteiger partial charge in [-0.2, -0.15) is 0 Å². The van der Waals surface area contributed by atoms with Crippen molar-refractivity contribution in [3.63, 3.8) is 0 Å². The monoisotopic (exact) mass is 411 g/mol. The maximum Gasteiger partial charge on any atom is 0.253 e. The van der Waals surface area contributed by atoms with Gasteiger partial charge in [0.05, 0.1) is 39.0 Å². The molecule has 3 rings (SSSR count). The van der Waals surface area contributed by atoms with Crippen LogP contribution in [0.2, 0.25) is 0 Å². The molecule has 1 aromatic carbocycles. The summed E-state index contributed by atoms with van der Waals surface area (Å²) in [4.78, 5) is 20.3. The quantitative estimate of drug-likeness (QED) is 0.619. The van der Waals surface area contributed by atoms with E-state index in [2.05, 4.69) is 21.0 Å². The van der Waals surface area contributed by atoms with Crippen LogP contribution in [0.3, 0.4) is 0 Å². The van der Waals surface area contributed by atoms with Gasteiger partial charge in [-0.25, -0.2) is 4.99 Å². The summed E-state index contributed by atoms with van der Waals surface area (Å²) >= 11 is 0. The number of nitrogens with one attached hydrogen (secondary N) is 2. The fraction of sp³-hybridized carbons (Fsp3) is 0.318. The molecule has 1 aliphatic heterocycles. The lowest BCUT2D eigenvalue weighted by Crippen LogP contribution is -2.41. The molecule has 0 bridgehead atoms. The van der Waals surface area contributed by atoms with Gasteiger partial charge in [-0.05, 0) is 29.8 Å². The first-order valence-corrected chi connectivity index (χ1v) is 9.34. The van der Waals surface area contributed by atoms with E-state index >= 15 is 0 Å². The lowest BCUT2D eigenvalue weighted by molar-refractivity contribution is 0.0779. The molecule has 2 aromatic rings. The van der Waals surface area contributed by atoms with E-state index in [1.165, 1.54) is 0 Å². The summed E-state index contributed by atoms with van der Waals surface area (Å²) in [6.07, 6.45) is 5.08. The number of allylic oxidation sites excluding steroid dienone is 1. The van der Waals surface area contributed by atoms with Crippen molar-refractivity contribution in [3.8, 4) is 11.5 Å². The van der Waals surface area contributed by atoms with E-state index in [9.17, 15) is 4.79 Å². The standard InChI is InChI=1S/C22H25N3O5/c1-27-12-16(13-28-2)25-22(26)18-11-24-21-17(18)7-5-15(10-23-21)14-6-8-19(29-3)20(9-14)30-4/h6-11,16,24H,12-13H2,1-4H3,(H,25,26). The first kappa shape index (κ1) is 21.4. The SMILES string of the molecule is COCC(COC)NC(=O)c1c[nH]c2c1C=C=C(c1ccc(OC)c(OC)c1)C=N2. The molecule has 2 N–H and O–H groups in total. The molecule has 8 heteroatoms. The van der Waals surface area contributed by atoms with Crippen LogP contribution in [0.4, 0.5) is 5.82 Å². The summed E-state index contributed by atoms with van der Waals surface area (Å²) in [6.45, 7) is 0.701. The predicted molar refractivity (Wildman–Crippen MR) is 115 cm³/mol. The Morgan fingerprint density at radius 2 is 1.87 bits per heavy atom. The number of aliphatic imine (C=N–C) groups is 1. The Morgan fingerprint density at radius 3 is 2.53 bits per heavy atom. The molecule has 0 spiro atoms. The third-order valence-corrected chi connectivity index (χ3v) is 4.60. The molecule has 1 aromatic heterocycles. The number of aromatic amines is 1. The van der Waals surface area contributed by atoms with Gasteiger partial charge in [-0.3, -0.25) is 4.79 Å². The number of hydrogen-bond acceptors (Lipinski definition) is 6. The zero-order valence-corrected chi connectivity index (χ0v) is 17.4. The van der Waals surface area contributed by atoms with Crippen molar-refractivity contribution < 1.29 is 23.7 Å². The second kappa shape index (κ2) is 9.93. The second-order valence-corrected chi connectivity index (χ2v) is 6.58. The number of fused-ring (bicyclic) bond motifs is 1. The minimum absolute atomic E-state index is 0.241. The molecule has 0 saturated heterocycles. The molecule has 0 saturated carbocycles. The van der Waals surface area contributed by atoms with Crippen molar-refractivity contribution in [2.24, 2.45) is 4.99 Å². The minimum atomic E-state index is -0.255. The van der Waals surface area contributed by atoms with Crippen LogP contribution in [0, 0.1) is 0 Å². The van der Waals surface area contributed by atoms with Crippen LogP contribution in [0.25, 0.3) is 11.6 Å². The van der Waals surface area contributed by atoms with Crippen LogP contribution in [0.1, 0.15) is 21.5 Å². The topological polar surface area (TPSA) is 94.2 Å². The van der Waals surface area contributed by atoms with Gasteiger partial charge in [0, 0.05) is 37.8 Å². The van der Waals surface area contributed by atoms with E-state index in [0.29, 0.717) is 41.7 Å². The summed E-state index contributed by atoms with van der Waals surface area (Å²) in [5.41, 5.74) is 5.98.